The van der Waals surface area contributed by atoms with E-state index in [1.165, 1.54) is 19.3 Å². The summed E-state index contributed by atoms with van der Waals surface area (Å²) in [5.74, 6) is -0.708. The van der Waals surface area contributed by atoms with Gasteiger partial charge < -0.3 is 10.0 Å². The highest BCUT2D eigenvalue weighted by atomic mass is 16.4. The SMILES string of the molecule is CC1CC(C(=O)O)CN(C(=O)CC2(C)CCCCC2)C1. The predicted molar refractivity (Wildman–Crippen MR) is 77.3 cm³/mol. The first-order valence-corrected chi connectivity index (χ1v) is 7.90. The highest BCUT2D eigenvalue weighted by molar-refractivity contribution is 5.78. The lowest BCUT2D eigenvalue weighted by Crippen LogP contribution is -2.46. The summed E-state index contributed by atoms with van der Waals surface area (Å²) in [5, 5.41) is 9.19. The summed E-state index contributed by atoms with van der Waals surface area (Å²) in [4.78, 5) is 25.5. The Morgan fingerprint density at radius 2 is 1.85 bits per heavy atom. The highest BCUT2D eigenvalue weighted by Crippen LogP contribution is 2.39. The monoisotopic (exact) mass is 281 g/mol. The number of aliphatic carboxylic acids is 1. The highest BCUT2D eigenvalue weighted by Gasteiger charge is 2.35. The number of hydrogen-bond acceptors (Lipinski definition) is 2. The second-order valence-corrected chi connectivity index (χ2v) is 7.22. The van der Waals surface area contributed by atoms with Crippen LogP contribution >= 0.6 is 0 Å². The van der Waals surface area contributed by atoms with Gasteiger partial charge in [0.05, 0.1) is 5.92 Å². The molecule has 0 aromatic carbocycles. The molecule has 1 amide bonds. The number of rotatable bonds is 3. The first-order valence-electron chi connectivity index (χ1n) is 7.90. The molecule has 4 heteroatoms. The molecule has 0 aromatic rings. The number of piperidine rings is 1. The van der Waals surface area contributed by atoms with Crippen molar-refractivity contribution in [1.29, 1.82) is 0 Å². The average molecular weight is 281 g/mol. The Labute approximate surface area is 121 Å². The van der Waals surface area contributed by atoms with E-state index in [9.17, 15) is 14.7 Å². The minimum Gasteiger partial charge on any atom is -0.481 e. The molecule has 0 aromatic heterocycles. The van der Waals surface area contributed by atoms with E-state index in [0.717, 1.165) is 19.4 Å². The zero-order chi connectivity index (χ0) is 14.8. The van der Waals surface area contributed by atoms with Gasteiger partial charge in [-0.05, 0) is 30.6 Å². The molecule has 2 aliphatic rings. The van der Waals surface area contributed by atoms with E-state index in [-0.39, 0.29) is 23.2 Å². The summed E-state index contributed by atoms with van der Waals surface area (Å²) >= 11 is 0. The van der Waals surface area contributed by atoms with Gasteiger partial charge >= 0.3 is 5.97 Å². The Hall–Kier alpha value is -1.06. The van der Waals surface area contributed by atoms with E-state index in [1.807, 2.05) is 6.92 Å². The van der Waals surface area contributed by atoms with Crippen molar-refractivity contribution in [2.45, 2.75) is 58.8 Å². The summed E-state index contributed by atoms with van der Waals surface area (Å²) in [6, 6.07) is 0. The number of carbonyl (C=O) groups excluding carboxylic acids is 1. The molecule has 1 saturated heterocycles. The maximum atomic E-state index is 12.5. The van der Waals surface area contributed by atoms with E-state index in [0.29, 0.717) is 19.4 Å². The van der Waals surface area contributed by atoms with Crippen LogP contribution in [0.2, 0.25) is 0 Å². The number of carboxylic acid groups (broad SMARTS) is 1. The molecule has 1 aliphatic carbocycles. The van der Waals surface area contributed by atoms with E-state index in [4.69, 9.17) is 0 Å². The van der Waals surface area contributed by atoms with Crippen molar-refractivity contribution in [2.75, 3.05) is 13.1 Å². The van der Waals surface area contributed by atoms with Gasteiger partial charge in [0.1, 0.15) is 0 Å². The van der Waals surface area contributed by atoms with Crippen molar-refractivity contribution < 1.29 is 14.7 Å². The van der Waals surface area contributed by atoms with Crippen molar-refractivity contribution in [3.05, 3.63) is 0 Å². The quantitative estimate of drug-likeness (QED) is 0.865. The molecule has 2 unspecified atom stereocenters. The summed E-state index contributed by atoms with van der Waals surface area (Å²) in [5.41, 5.74) is 0.134. The third kappa shape index (κ3) is 3.74. The standard InChI is InChI=1S/C16H27NO3/c1-12-8-13(15(19)20)11-17(10-12)14(18)9-16(2)6-4-3-5-7-16/h12-13H,3-11H2,1-2H3,(H,19,20). The number of carbonyl (C=O) groups is 2. The molecule has 1 N–H and O–H groups in total. The molecule has 20 heavy (non-hydrogen) atoms. The molecule has 2 rings (SSSR count). The van der Waals surface area contributed by atoms with Crippen molar-refractivity contribution in [3.63, 3.8) is 0 Å². The van der Waals surface area contributed by atoms with Crippen LogP contribution in [0.3, 0.4) is 0 Å². The van der Waals surface area contributed by atoms with Gasteiger partial charge in [-0.15, -0.1) is 0 Å². The van der Waals surface area contributed by atoms with Crippen LogP contribution in [0.15, 0.2) is 0 Å². The maximum absolute atomic E-state index is 12.5. The summed E-state index contributed by atoms with van der Waals surface area (Å²) in [6.07, 6.45) is 7.26. The molecule has 2 fully saturated rings. The Bertz CT molecular complexity index is 374. The van der Waals surface area contributed by atoms with E-state index >= 15 is 0 Å². The molecule has 0 radical (unpaired) electrons. The second-order valence-electron chi connectivity index (χ2n) is 7.22. The van der Waals surface area contributed by atoms with Gasteiger partial charge in [-0.25, -0.2) is 0 Å². The average Bonchev–Trinajstić information content (AvgIpc) is 2.38. The van der Waals surface area contributed by atoms with Gasteiger partial charge in [-0.2, -0.15) is 0 Å². The number of amides is 1. The molecular weight excluding hydrogens is 254 g/mol. The molecule has 1 heterocycles. The smallest absolute Gasteiger partial charge is 0.308 e. The zero-order valence-electron chi connectivity index (χ0n) is 12.7. The molecular formula is C16H27NO3. The van der Waals surface area contributed by atoms with Crippen LogP contribution < -0.4 is 0 Å². The third-order valence-electron chi connectivity index (χ3n) is 5.00. The van der Waals surface area contributed by atoms with Gasteiger partial charge in [0.15, 0.2) is 0 Å². The Balaban J connectivity index is 1.95. The number of hydrogen-bond donors (Lipinski definition) is 1. The third-order valence-corrected chi connectivity index (χ3v) is 5.00. The van der Waals surface area contributed by atoms with Gasteiger partial charge in [0.25, 0.3) is 0 Å². The predicted octanol–water partition coefficient (Wildman–Crippen LogP) is 2.92. The van der Waals surface area contributed by atoms with Crippen LogP contribution in [0.4, 0.5) is 0 Å². The first-order chi connectivity index (χ1) is 9.39. The molecule has 114 valence electrons. The van der Waals surface area contributed by atoms with Crippen LogP contribution in [-0.4, -0.2) is 35.0 Å². The van der Waals surface area contributed by atoms with Gasteiger partial charge in [-0.1, -0.05) is 33.1 Å². The van der Waals surface area contributed by atoms with Gasteiger partial charge in [0.2, 0.25) is 5.91 Å². The van der Waals surface area contributed by atoms with Crippen molar-refractivity contribution >= 4 is 11.9 Å². The van der Waals surface area contributed by atoms with Crippen LogP contribution in [0.25, 0.3) is 0 Å². The fourth-order valence-corrected chi connectivity index (χ4v) is 3.79. The van der Waals surface area contributed by atoms with E-state index < -0.39 is 5.97 Å². The summed E-state index contributed by atoms with van der Waals surface area (Å²) < 4.78 is 0. The fraction of sp³-hybridized carbons (Fsp3) is 0.875. The summed E-state index contributed by atoms with van der Waals surface area (Å²) in [7, 11) is 0. The van der Waals surface area contributed by atoms with Crippen LogP contribution in [-0.2, 0) is 9.59 Å². The van der Waals surface area contributed by atoms with E-state index in [1.54, 1.807) is 4.90 Å². The lowest BCUT2D eigenvalue weighted by atomic mass is 9.73. The molecule has 1 saturated carbocycles. The Morgan fingerprint density at radius 1 is 1.20 bits per heavy atom. The van der Waals surface area contributed by atoms with Crippen molar-refractivity contribution in [2.24, 2.45) is 17.3 Å². The number of nitrogens with zero attached hydrogens (tertiary/aromatic N) is 1. The molecule has 0 bridgehead atoms. The molecule has 2 atom stereocenters. The van der Waals surface area contributed by atoms with Crippen LogP contribution in [0.1, 0.15) is 58.8 Å². The minimum absolute atomic E-state index is 0.134. The first kappa shape index (κ1) is 15.3. The number of carboxylic acids is 1. The lowest BCUT2D eigenvalue weighted by molar-refractivity contribution is -0.147. The van der Waals surface area contributed by atoms with E-state index in [2.05, 4.69) is 6.92 Å². The second kappa shape index (κ2) is 6.15. The fourth-order valence-electron chi connectivity index (χ4n) is 3.79. The van der Waals surface area contributed by atoms with Crippen molar-refractivity contribution in [1.82, 2.24) is 4.90 Å². The molecule has 0 spiro atoms. The largest absolute Gasteiger partial charge is 0.481 e. The zero-order valence-corrected chi connectivity index (χ0v) is 12.7. The minimum atomic E-state index is -0.766. The maximum Gasteiger partial charge on any atom is 0.308 e. The van der Waals surface area contributed by atoms with Crippen molar-refractivity contribution in [3.8, 4) is 0 Å². The topological polar surface area (TPSA) is 57.6 Å². The van der Waals surface area contributed by atoms with Gasteiger partial charge in [0, 0.05) is 19.5 Å². The van der Waals surface area contributed by atoms with Crippen LogP contribution in [0.5, 0.6) is 0 Å². The van der Waals surface area contributed by atoms with Gasteiger partial charge in [-0.3, -0.25) is 9.59 Å². The Morgan fingerprint density at radius 3 is 2.45 bits per heavy atom. The Kier molecular flexibility index (Phi) is 4.71. The van der Waals surface area contributed by atoms with Crippen LogP contribution in [0, 0.1) is 17.3 Å². The molecule has 1 aliphatic heterocycles. The summed E-state index contributed by atoms with van der Waals surface area (Å²) in [6.45, 7) is 5.37. The number of likely N-dealkylation sites (tertiary alicyclic amines) is 1. The normalized spacial score (nSPS) is 30.0. The lowest BCUT2D eigenvalue weighted by Gasteiger charge is -2.38. The molecule has 4 nitrogen and oxygen atoms in total.